The largest absolute Gasteiger partial charge is 0.357 e. The summed E-state index contributed by atoms with van der Waals surface area (Å²) in [6, 6.07) is 0. The lowest BCUT2D eigenvalue weighted by atomic mass is 10.3. The van der Waals surface area contributed by atoms with Crippen molar-refractivity contribution in [2.75, 3.05) is 13.1 Å². The van der Waals surface area contributed by atoms with Gasteiger partial charge in [-0.3, -0.25) is 0 Å². The first kappa shape index (κ1) is 15.4. The van der Waals surface area contributed by atoms with Crippen LogP contribution in [-0.2, 0) is 13.0 Å². The molecule has 0 aliphatic heterocycles. The van der Waals surface area contributed by atoms with Crippen molar-refractivity contribution in [3.05, 3.63) is 27.8 Å². The van der Waals surface area contributed by atoms with Crippen molar-refractivity contribution in [2.24, 2.45) is 4.99 Å². The maximum Gasteiger partial charge on any atom is 0.248 e. The van der Waals surface area contributed by atoms with E-state index in [1.807, 2.05) is 13.8 Å². The molecule has 21 heavy (non-hydrogen) atoms. The van der Waals surface area contributed by atoms with Crippen LogP contribution in [0, 0.1) is 13.8 Å². The molecule has 0 radical (unpaired) electrons. The molecule has 0 atom stereocenters. The topological polar surface area (TPSA) is 88.2 Å². The van der Waals surface area contributed by atoms with Crippen LogP contribution in [0.2, 0.25) is 0 Å². The van der Waals surface area contributed by atoms with Crippen molar-refractivity contribution in [1.82, 2.24) is 25.8 Å². The number of rotatable bonds is 6. The van der Waals surface area contributed by atoms with Crippen molar-refractivity contribution in [2.45, 2.75) is 33.7 Å². The molecule has 0 aliphatic carbocycles. The average Bonchev–Trinajstić information content (AvgIpc) is 3.05. The Hall–Kier alpha value is -1.96. The van der Waals surface area contributed by atoms with Gasteiger partial charge in [-0.2, -0.15) is 4.98 Å². The minimum absolute atomic E-state index is 0.367. The van der Waals surface area contributed by atoms with Crippen molar-refractivity contribution in [3.8, 4) is 0 Å². The molecule has 2 heterocycles. The van der Waals surface area contributed by atoms with Crippen molar-refractivity contribution < 1.29 is 4.52 Å². The van der Waals surface area contributed by atoms with E-state index < -0.39 is 0 Å². The Morgan fingerprint density at radius 2 is 2.19 bits per heavy atom. The molecule has 0 saturated carbocycles. The first-order valence-electron chi connectivity index (χ1n) is 6.89. The van der Waals surface area contributed by atoms with E-state index in [2.05, 4.69) is 36.1 Å². The average molecular weight is 308 g/mol. The molecule has 8 heteroatoms. The van der Waals surface area contributed by atoms with Gasteiger partial charge in [0.05, 0.1) is 10.7 Å². The summed E-state index contributed by atoms with van der Waals surface area (Å²) in [5, 5.41) is 13.4. The lowest BCUT2D eigenvalue weighted by molar-refractivity contribution is 0.376. The Labute approximate surface area is 127 Å². The molecule has 0 spiro atoms. The smallest absolute Gasteiger partial charge is 0.248 e. The highest BCUT2D eigenvalue weighted by Crippen LogP contribution is 2.07. The van der Waals surface area contributed by atoms with Gasteiger partial charge < -0.3 is 15.2 Å². The molecular formula is C13H20N6OS. The van der Waals surface area contributed by atoms with Crippen LogP contribution >= 0.6 is 11.3 Å². The van der Waals surface area contributed by atoms with Crippen molar-refractivity contribution in [1.29, 1.82) is 0 Å². The molecule has 2 N–H and O–H groups in total. The van der Waals surface area contributed by atoms with E-state index in [1.54, 1.807) is 18.3 Å². The van der Waals surface area contributed by atoms with Gasteiger partial charge in [-0.05, 0) is 20.8 Å². The van der Waals surface area contributed by atoms with E-state index in [1.165, 1.54) is 0 Å². The summed E-state index contributed by atoms with van der Waals surface area (Å²) in [6.45, 7) is 7.77. The van der Waals surface area contributed by atoms with Crippen LogP contribution in [0.25, 0.3) is 0 Å². The van der Waals surface area contributed by atoms with Gasteiger partial charge in [-0.15, -0.1) is 11.3 Å². The number of guanidine groups is 1. The molecule has 7 nitrogen and oxygen atoms in total. The zero-order valence-electron chi connectivity index (χ0n) is 12.5. The van der Waals surface area contributed by atoms with Gasteiger partial charge in [0.2, 0.25) is 5.89 Å². The monoisotopic (exact) mass is 308 g/mol. The Morgan fingerprint density at radius 1 is 1.33 bits per heavy atom. The van der Waals surface area contributed by atoms with E-state index in [9.17, 15) is 0 Å². The number of hydrogen-bond donors (Lipinski definition) is 2. The second-order valence-corrected chi connectivity index (χ2v) is 5.53. The number of aliphatic imine (C=N–C) groups is 1. The fourth-order valence-electron chi connectivity index (χ4n) is 1.72. The predicted molar refractivity (Wildman–Crippen MR) is 82.4 cm³/mol. The van der Waals surface area contributed by atoms with E-state index in [4.69, 9.17) is 4.52 Å². The molecular weight excluding hydrogens is 288 g/mol. The molecule has 2 aromatic heterocycles. The van der Waals surface area contributed by atoms with Crippen LogP contribution in [0.15, 0.2) is 14.9 Å². The minimum Gasteiger partial charge on any atom is -0.357 e. The number of thiazole rings is 1. The fraction of sp³-hybridized carbons (Fsp3) is 0.538. The van der Waals surface area contributed by atoms with E-state index in [0.29, 0.717) is 18.3 Å². The number of nitrogens with one attached hydrogen (secondary N) is 2. The molecule has 114 valence electrons. The molecule has 0 unspecified atom stereocenters. The first-order chi connectivity index (χ1) is 10.2. The summed E-state index contributed by atoms with van der Waals surface area (Å²) in [5.74, 6) is 1.87. The molecule has 0 bridgehead atoms. The first-order valence-corrected chi connectivity index (χ1v) is 7.77. The van der Waals surface area contributed by atoms with Crippen LogP contribution in [0.5, 0.6) is 0 Å². The lowest BCUT2D eigenvalue weighted by Gasteiger charge is -2.09. The van der Waals surface area contributed by atoms with Crippen LogP contribution in [0.4, 0.5) is 0 Å². The SMILES string of the molecule is CCNC(=NCc1nc(C)no1)NCCc1csc(C)n1. The molecule has 0 fully saturated rings. The Kier molecular flexibility index (Phi) is 5.68. The van der Waals surface area contributed by atoms with Crippen LogP contribution in [0.3, 0.4) is 0 Å². The van der Waals surface area contributed by atoms with E-state index in [-0.39, 0.29) is 0 Å². The molecule has 0 aliphatic rings. The van der Waals surface area contributed by atoms with Gasteiger partial charge in [0.1, 0.15) is 6.54 Å². The fourth-order valence-corrected chi connectivity index (χ4v) is 2.37. The summed E-state index contributed by atoms with van der Waals surface area (Å²) in [7, 11) is 0. The molecule has 2 aromatic rings. The van der Waals surface area contributed by atoms with Gasteiger partial charge in [0.15, 0.2) is 11.8 Å². The zero-order chi connectivity index (χ0) is 15.1. The Bertz CT molecular complexity index is 591. The van der Waals surface area contributed by atoms with Crippen LogP contribution in [-0.4, -0.2) is 34.2 Å². The molecule has 0 aromatic carbocycles. The summed E-state index contributed by atoms with van der Waals surface area (Å²) in [5.41, 5.74) is 1.10. The number of nitrogens with zero attached hydrogens (tertiary/aromatic N) is 4. The van der Waals surface area contributed by atoms with Crippen molar-refractivity contribution >= 4 is 17.3 Å². The van der Waals surface area contributed by atoms with Gasteiger partial charge in [-0.1, -0.05) is 5.16 Å². The lowest BCUT2D eigenvalue weighted by Crippen LogP contribution is -2.38. The maximum absolute atomic E-state index is 5.04. The summed E-state index contributed by atoms with van der Waals surface area (Å²) in [4.78, 5) is 13.0. The third-order valence-corrected chi connectivity index (χ3v) is 3.45. The maximum atomic E-state index is 5.04. The summed E-state index contributed by atoms with van der Waals surface area (Å²) < 4.78 is 5.04. The summed E-state index contributed by atoms with van der Waals surface area (Å²) >= 11 is 1.67. The van der Waals surface area contributed by atoms with E-state index in [0.717, 1.165) is 36.2 Å². The molecule has 0 saturated heterocycles. The standard InChI is InChI=1S/C13H20N6OS/c1-4-14-13(16-7-12-17-9(2)19-20-12)15-6-5-11-8-21-10(3)18-11/h8H,4-7H2,1-3H3,(H2,14,15,16). The quantitative estimate of drug-likeness (QED) is 0.620. The predicted octanol–water partition coefficient (Wildman–Crippen LogP) is 1.44. The van der Waals surface area contributed by atoms with Crippen molar-refractivity contribution in [3.63, 3.8) is 0 Å². The molecule has 2 rings (SSSR count). The van der Waals surface area contributed by atoms with Gasteiger partial charge in [0.25, 0.3) is 0 Å². The number of aromatic nitrogens is 3. The van der Waals surface area contributed by atoms with Gasteiger partial charge in [-0.25, -0.2) is 9.98 Å². The highest BCUT2D eigenvalue weighted by atomic mass is 32.1. The van der Waals surface area contributed by atoms with Crippen LogP contribution < -0.4 is 10.6 Å². The minimum atomic E-state index is 0.367. The van der Waals surface area contributed by atoms with Gasteiger partial charge in [0, 0.05) is 24.9 Å². The number of hydrogen-bond acceptors (Lipinski definition) is 6. The Balaban J connectivity index is 1.83. The van der Waals surface area contributed by atoms with Crippen LogP contribution in [0.1, 0.15) is 29.3 Å². The highest BCUT2D eigenvalue weighted by Gasteiger charge is 2.03. The third kappa shape index (κ3) is 5.14. The summed E-state index contributed by atoms with van der Waals surface area (Å²) in [6.07, 6.45) is 0.869. The highest BCUT2D eigenvalue weighted by molar-refractivity contribution is 7.09. The van der Waals surface area contributed by atoms with E-state index >= 15 is 0 Å². The number of aryl methyl sites for hydroxylation is 2. The second kappa shape index (κ2) is 7.72. The second-order valence-electron chi connectivity index (χ2n) is 4.47. The molecule has 0 amide bonds. The van der Waals surface area contributed by atoms with Gasteiger partial charge >= 0.3 is 0 Å². The normalized spacial score (nSPS) is 11.7. The third-order valence-electron chi connectivity index (χ3n) is 2.63. The Morgan fingerprint density at radius 3 is 2.81 bits per heavy atom. The zero-order valence-corrected chi connectivity index (χ0v) is 13.3.